The Morgan fingerprint density at radius 3 is 2.27 bits per heavy atom. The maximum atomic E-state index is 11.8. The lowest BCUT2D eigenvalue weighted by molar-refractivity contribution is 0.0636. The molecule has 4 N–H and O–H groups in total. The van der Waals surface area contributed by atoms with Gasteiger partial charge in [0.2, 0.25) is 0 Å². The summed E-state index contributed by atoms with van der Waals surface area (Å²) < 4.78 is 5.24. The van der Waals surface area contributed by atoms with Crippen molar-refractivity contribution in [3.8, 4) is 0 Å². The summed E-state index contributed by atoms with van der Waals surface area (Å²) in [4.78, 5) is 11.8. The fourth-order valence-electron chi connectivity index (χ4n) is 2.62. The number of carbonyl (C=O) groups is 1. The molecule has 5 nitrogen and oxygen atoms in total. The van der Waals surface area contributed by atoms with Crippen molar-refractivity contribution < 1.29 is 9.53 Å². The molecular formula is C21H23N3O2. The van der Waals surface area contributed by atoms with Crippen molar-refractivity contribution in [1.82, 2.24) is 0 Å². The van der Waals surface area contributed by atoms with Gasteiger partial charge in [0.15, 0.2) is 0 Å². The summed E-state index contributed by atoms with van der Waals surface area (Å²) in [5.41, 5.74) is 8.85. The van der Waals surface area contributed by atoms with E-state index in [9.17, 15) is 4.79 Å². The molecule has 134 valence electrons. The fraction of sp³-hybridized carbons (Fsp3) is 0.190. The molecule has 0 atom stereocenters. The van der Waals surface area contributed by atoms with Crippen molar-refractivity contribution in [2.75, 3.05) is 16.4 Å². The van der Waals surface area contributed by atoms with Crippen molar-refractivity contribution >= 4 is 39.6 Å². The predicted molar refractivity (Wildman–Crippen MR) is 108 cm³/mol. The van der Waals surface area contributed by atoms with Crippen LogP contribution in [0.25, 0.3) is 10.8 Å². The minimum atomic E-state index is -0.529. The number of rotatable bonds is 3. The highest BCUT2D eigenvalue weighted by Gasteiger charge is 2.16. The van der Waals surface area contributed by atoms with Crippen LogP contribution in [0.4, 0.5) is 27.5 Å². The van der Waals surface area contributed by atoms with Gasteiger partial charge in [0.05, 0.1) is 11.4 Å². The molecule has 0 saturated heterocycles. The van der Waals surface area contributed by atoms with Gasteiger partial charge in [0.25, 0.3) is 0 Å². The van der Waals surface area contributed by atoms with Crippen LogP contribution >= 0.6 is 0 Å². The first-order valence-corrected chi connectivity index (χ1v) is 8.46. The molecule has 3 rings (SSSR count). The molecule has 0 bridgehead atoms. The SMILES string of the molecule is CC(C)(C)OC(=O)Nc1ccc(Nc2ccc3ccccc3c2N)cc1. The van der Waals surface area contributed by atoms with Crippen molar-refractivity contribution in [2.24, 2.45) is 0 Å². The Kier molecular flexibility index (Phi) is 4.71. The summed E-state index contributed by atoms with van der Waals surface area (Å²) in [6.07, 6.45) is -0.475. The standard InChI is InChI=1S/C21H23N3O2/c1-21(2,3)26-20(25)24-16-11-9-15(10-12-16)23-18-13-8-14-6-4-5-7-17(14)19(18)22/h4-13,23H,22H2,1-3H3,(H,24,25). The Morgan fingerprint density at radius 2 is 1.58 bits per heavy atom. The van der Waals surface area contributed by atoms with Crippen molar-refractivity contribution in [1.29, 1.82) is 0 Å². The van der Waals surface area contributed by atoms with Crippen LogP contribution in [0.1, 0.15) is 20.8 Å². The highest BCUT2D eigenvalue weighted by molar-refractivity contribution is 5.99. The van der Waals surface area contributed by atoms with Gasteiger partial charge in [0.1, 0.15) is 5.60 Å². The molecule has 0 heterocycles. The smallest absolute Gasteiger partial charge is 0.412 e. The molecule has 0 fully saturated rings. The summed E-state index contributed by atoms with van der Waals surface area (Å²) in [6.45, 7) is 5.48. The molecule has 0 saturated carbocycles. The van der Waals surface area contributed by atoms with Gasteiger partial charge < -0.3 is 15.8 Å². The van der Waals surface area contributed by atoms with Gasteiger partial charge in [-0.25, -0.2) is 4.79 Å². The zero-order valence-electron chi connectivity index (χ0n) is 15.2. The molecule has 0 aliphatic heterocycles. The maximum absolute atomic E-state index is 11.8. The Hall–Kier alpha value is -3.21. The molecule has 3 aromatic rings. The predicted octanol–water partition coefficient (Wildman–Crippen LogP) is 5.51. The normalized spacial score (nSPS) is 11.2. The van der Waals surface area contributed by atoms with Crippen LogP contribution in [0.2, 0.25) is 0 Å². The molecule has 26 heavy (non-hydrogen) atoms. The average Bonchev–Trinajstić information content (AvgIpc) is 2.57. The highest BCUT2D eigenvalue weighted by Crippen LogP contribution is 2.31. The number of amides is 1. The quantitative estimate of drug-likeness (QED) is 0.545. The number of nitrogen functional groups attached to an aromatic ring is 1. The molecule has 0 spiro atoms. The second-order valence-corrected chi connectivity index (χ2v) is 7.08. The lowest BCUT2D eigenvalue weighted by Crippen LogP contribution is -2.27. The monoisotopic (exact) mass is 349 g/mol. The number of anilines is 4. The number of hydrogen-bond donors (Lipinski definition) is 3. The summed E-state index contributed by atoms with van der Waals surface area (Å²) in [6, 6.07) is 19.4. The molecule has 3 aromatic carbocycles. The van der Waals surface area contributed by atoms with Crippen LogP contribution in [0.3, 0.4) is 0 Å². The van der Waals surface area contributed by atoms with E-state index in [2.05, 4.69) is 10.6 Å². The van der Waals surface area contributed by atoms with Crippen LogP contribution in [-0.4, -0.2) is 11.7 Å². The Bertz CT molecular complexity index is 928. The highest BCUT2D eigenvalue weighted by atomic mass is 16.6. The van der Waals surface area contributed by atoms with E-state index in [1.165, 1.54) is 0 Å². The number of nitrogens with two attached hydrogens (primary N) is 1. The van der Waals surface area contributed by atoms with Crippen LogP contribution in [0, 0.1) is 0 Å². The van der Waals surface area contributed by atoms with E-state index in [4.69, 9.17) is 10.5 Å². The number of nitrogens with one attached hydrogen (secondary N) is 2. The molecule has 0 aliphatic carbocycles. The molecule has 5 heteroatoms. The second-order valence-electron chi connectivity index (χ2n) is 7.08. The number of benzene rings is 3. The van der Waals surface area contributed by atoms with E-state index < -0.39 is 11.7 Å². The number of carbonyl (C=O) groups excluding carboxylic acids is 1. The van der Waals surface area contributed by atoms with Crippen LogP contribution in [-0.2, 0) is 4.74 Å². The van der Waals surface area contributed by atoms with Crippen molar-refractivity contribution in [3.05, 3.63) is 60.7 Å². The summed E-state index contributed by atoms with van der Waals surface area (Å²) >= 11 is 0. The van der Waals surface area contributed by atoms with E-state index in [0.717, 1.165) is 22.1 Å². The van der Waals surface area contributed by atoms with Gasteiger partial charge in [-0.2, -0.15) is 0 Å². The van der Waals surface area contributed by atoms with Gasteiger partial charge in [0, 0.05) is 16.8 Å². The van der Waals surface area contributed by atoms with Crippen molar-refractivity contribution in [2.45, 2.75) is 26.4 Å². The van der Waals surface area contributed by atoms with E-state index >= 15 is 0 Å². The molecule has 0 aromatic heterocycles. The molecular weight excluding hydrogens is 326 g/mol. The Labute approximate surface area is 153 Å². The Morgan fingerprint density at radius 1 is 0.923 bits per heavy atom. The lowest BCUT2D eigenvalue weighted by atomic mass is 10.1. The summed E-state index contributed by atoms with van der Waals surface area (Å²) in [5.74, 6) is 0. The number of hydrogen-bond acceptors (Lipinski definition) is 4. The largest absolute Gasteiger partial charge is 0.444 e. The van der Waals surface area contributed by atoms with E-state index in [1.807, 2.05) is 81.4 Å². The van der Waals surface area contributed by atoms with Gasteiger partial charge >= 0.3 is 6.09 Å². The third-order valence-electron chi connectivity index (χ3n) is 3.78. The zero-order chi connectivity index (χ0) is 18.7. The first kappa shape index (κ1) is 17.6. The van der Waals surface area contributed by atoms with Gasteiger partial charge in [-0.05, 0) is 56.5 Å². The molecule has 0 aliphatic rings. The number of fused-ring (bicyclic) bond motifs is 1. The van der Waals surface area contributed by atoms with Crippen LogP contribution in [0.15, 0.2) is 60.7 Å². The third kappa shape index (κ3) is 4.25. The van der Waals surface area contributed by atoms with E-state index in [-0.39, 0.29) is 0 Å². The third-order valence-corrected chi connectivity index (χ3v) is 3.78. The fourth-order valence-corrected chi connectivity index (χ4v) is 2.62. The molecule has 0 unspecified atom stereocenters. The summed E-state index contributed by atoms with van der Waals surface area (Å²) in [7, 11) is 0. The second kappa shape index (κ2) is 6.96. The van der Waals surface area contributed by atoms with Crippen LogP contribution in [0.5, 0.6) is 0 Å². The summed E-state index contributed by atoms with van der Waals surface area (Å²) in [5, 5.41) is 8.14. The average molecular weight is 349 g/mol. The first-order chi connectivity index (χ1) is 12.3. The number of ether oxygens (including phenoxy) is 1. The molecule has 0 radical (unpaired) electrons. The van der Waals surface area contributed by atoms with Gasteiger partial charge in [-0.3, -0.25) is 5.32 Å². The van der Waals surface area contributed by atoms with Gasteiger partial charge in [-0.15, -0.1) is 0 Å². The van der Waals surface area contributed by atoms with Crippen molar-refractivity contribution in [3.63, 3.8) is 0 Å². The van der Waals surface area contributed by atoms with Crippen LogP contribution < -0.4 is 16.4 Å². The Balaban J connectivity index is 1.72. The minimum absolute atomic E-state index is 0.475. The first-order valence-electron chi connectivity index (χ1n) is 8.46. The van der Waals surface area contributed by atoms with E-state index in [0.29, 0.717) is 11.4 Å². The molecule has 1 amide bonds. The minimum Gasteiger partial charge on any atom is -0.444 e. The van der Waals surface area contributed by atoms with Gasteiger partial charge in [-0.1, -0.05) is 30.3 Å². The topological polar surface area (TPSA) is 76.4 Å². The lowest BCUT2D eigenvalue weighted by Gasteiger charge is -2.19. The maximum Gasteiger partial charge on any atom is 0.412 e. The zero-order valence-corrected chi connectivity index (χ0v) is 15.2. The van der Waals surface area contributed by atoms with E-state index in [1.54, 1.807) is 0 Å².